The van der Waals surface area contributed by atoms with E-state index >= 15 is 0 Å². The first-order valence-electron chi connectivity index (χ1n) is 11.6. The number of nitrogens with zero attached hydrogens (tertiary/aromatic N) is 2. The van der Waals surface area contributed by atoms with Gasteiger partial charge < -0.3 is 5.32 Å². The maximum atomic E-state index is 13.9. The van der Waals surface area contributed by atoms with Crippen LogP contribution in [-0.4, -0.2) is 33.6 Å². The second-order valence-electron chi connectivity index (χ2n) is 9.49. The van der Waals surface area contributed by atoms with Gasteiger partial charge in [0.15, 0.2) is 0 Å². The van der Waals surface area contributed by atoms with Gasteiger partial charge >= 0.3 is 0 Å². The largest absolute Gasteiger partial charge is 0.324 e. The zero-order valence-corrected chi connectivity index (χ0v) is 20.9. The van der Waals surface area contributed by atoms with Crippen molar-refractivity contribution in [2.45, 2.75) is 22.7 Å². The van der Waals surface area contributed by atoms with Gasteiger partial charge in [-0.1, -0.05) is 48.5 Å². The Labute approximate surface area is 221 Å². The van der Waals surface area contributed by atoms with Crippen LogP contribution in [0.4, 0.5) is 11.4 Å². The first-order chi connectivity index (χ1) is 17.6. The van der Waals surface area contributed by atoms with Crippen LogP contribution >= 0.6 is 23.2 Å². The van der Waals surface area contributed by atoms with E-state index < -0.39 is 50.3 Å². The van der Waals surface area contributed by atoms with Gasteiger partial charge in [-0.2, -0.15) is 0 Å². The fraction of sp³-hybridized carbons (Fsp3) is 0.222. The molecule has 1 heterocycles. The van der Waals surface area contributed by atoms with Gasteiger partial charge in [0.05, 0.1) is 16.8 Å². The van der Waals surface area contributed by atoms with Crippen molar-refractivity contribution in [3.8, 4) is 0 Å². The van der Waals surface area contributed by atoms with Gasteiger partial charge in [-0.15, -0.1) is 23.2 Å². The molecule has 0 radical (unpaired) electrons. The Morgan fingerprint density at radius 3 is 1.65 bits per heavy atom. The van der Waals surface area contributed by atoms with Gasteiger partial charge in [0, 0.05) is 17.8 Å². The zero-order valence-electron chi connectivity index (χ0n) is 19.4. The number of anilines is 1. The standard InChI is InChI=1S/C27H19Cl2N3O5/c1-14(23(33)30-15-10-12-16(13-11-15)32(36)37)31-24(34)21-22(25(31)35)27(29)18-7-3-2-6-17(18)26(21,28)19-8-4-5-9-20(19)27/h2-14,21-22H,1H3,(H,30,33)/t14-,21-,22+,26?,27?/m0/s1. The highest BCUT2D eigenvalue weighted by molar-refractivity contribution is 6.36. The third kappa shape index (κ3) is 2.94. The monoisotopic (exact) mass is 535 g/mol. The fourth-order valence-electron chi connectivity index (χ4n) is 6.10. The predicted molar refractivity (Wildman–Crippen MR) is 136 cm³/mol. The highest BCUT2D eigenvalue weighted by Crippen LogP contribution is 2.69. The minimum atomic E-state index is -1.33. The number of non-ortho nitro benzene ring substituents is 1. The maximum Gasteiger partial charge on any atom is 0.269 e. The molecule has 1 aliphatic heterocycles. The molecule has 7 rings (SSSR count). The Kier molecular flexibility index (Phi) is 5.03. The highest BCUT2D eigenvalue weighted by Gasteiger charge is 2.73. The number of imide groups is 1. The molecule has 1 fully saturated rings. The summed E-state index contributed by atoms with van der Waals surface area (Å²) in [6, 6.07) is 18.7. The van der Waals surface area contributed by atoms with E-state index in [-0.39, 0.29) is 5.69 Å². The molecule has 0 aromatic heterocycles. The van der Waals surface area contributed by atoms with Crippen LogP contribution < -0.4 is 5.32 Å². The number of likely N-dealkylation sites (tertiary alicyclic amines) is 1. The Morgan fingerprint density at radius 1 is 0.865 bits per heavy atom. The molecule has 37 heavy (non-hydrogen) atoms. The van der Waals surface area contributed by atoms with Crippen LogP contribution in [0.15, 0.2) is 72.8 Å². The molecule has 3 amide bonds. The second kappa shape index (κ2) is 7.87. The van der Waals surface area contributed by atoms with Crippen LogP contribution in [0.2, 0.25) is 0 Å². The van der Waals surface area contributed by atoms with E-state index in [1.165, 1.54) is 31.2 Å². The number of alkyl halides is 2. The van der Waals surface area contributed by atoms with Gasteiger partial charge in [-0.25, -0.2) is 0 Å². The van der Waals surface area contributed by atoms with Gasteiger partial charge in [0.2, 0.25) is 17.7 Å². The average Bonchev–Trinajstić information content (AvgIpc) is 3.18. The molecule has 3 atom stereocenters. The summed E-state index contributed by atoms with van der Waals surface area (Å²) in [6.45, 7) is 1.46. The minimum absolute atomic E-state index is 0.130. The van der Waals surface area contributed by atoms with Crippen molar-refractivity contribution in [2.75, 3.05) is 5.32 Å². The summed E-state index contributed by atoms with van der Waals surface area (Å²) < 4.78 is 0. The number of rotatable bonds is 4. The van der Waals surface area contributed by atoms with Gasteiger partial charge in [0.1, 0.15) is 15.8 Å². The topological polar surface area (TPSA) is 110 Å². The molecule has 0 saturated carbocycles. The van der Waals surface area contributed by atoms with E-state index in [9.17, 15) is 24.5 Å². The number of hydrogen-bond donors (Lipinski definition) is 1. The number of nitro benzene ring substituents is 1. The SMILES string of the molecule is C[C@@H](C(=O)Nc1ccc([N+](=O)[O-])cc1)N1C(=O)[C@@H]2[C@H](C1=O)C1(Cl)c3ccccc3C2(Cl)c2ccccc21. The summed E-state index contributed by atoms with van der Waals surface area (Å²) in [4.78, 5) is 49.7. The molecule has 4 aliphatic rings. The zero-order chi connectivity index (χ0) is 26.3. The molecule has 3 aromatic rings. The van der Waals surface area contributed by atoms with E-state index in [2.05, 4.69) is 5.32 Å². The number of nitrogens with one attached hydrogen (secondary N) is 1. The molecule has 8 nitrogen and oxygen atoms in total. The molecule has 2 bridgehead atoms. The summed E-state index contributed by atoms with van der Waals surface area (Å²) in [6.07, 6.45) is 0. The van der Waals surface area contributed by atoms with Gasteiger partial charge in [-0.3, -0.25) is 29.4 Å². The summed E-state index contributed by atoms with van der Waals surface area (Å²) >= 11 is 14.8. The first-order valence-corrected chi connectivity index (χ1v) is 12.4. The van der Waals surface area contributed by atoms with E-state index in [4.69, 9.17) is 23.2 Å². The molecule has 3 aliphatic carbocycles. The number of nitro groups is 1. The lowest BCUT2D eigenvalue weighted by molar-refractivity contribution is -0.384. The van der Waals surface area contributed by atoms with Crippen molar-refractivity contribution in [2.24, 2.45) is 11.8 Å². The number of halogens is 2. The number of carbonyl (C=O) groups excluding carboxylic acids is 3. The molecular formula is C27H19Cl2N3O5. The molecule has 1 N–H and O–H groups in total. The van der Waals surface area contributed by atoms with Crippen LogP contribution in [0, 0.1) is 22.0 Å². The van der Waals surface area contributed by atoms with Crippen molar-refractivity contribution < 1.29 is 19.3 Å². The number of hydrogen-bond acceptors (Lipinski definition) is 5. The Morgan fingerprint density at radius 2 is 1.27 bits per heavy atom. The molecular weight excluding hydrogens is 517 g/mol. The second-order valence-corrected chi connectivity index (χ2v) is 10.7. The Hall–Kier alpha value is -3.75. The molecule has 3 aromatic carbocycles. The van der Waals surface area contributed by atoms with Crippen LogP contribution in [-0.2, 0) is 24.1 Å². The van der Waals surface area contributed by atoms with Crippen LogP contribution in [0.25, 0.3) is 0 Å². The lowest BCUT2D eigenvalue weighted by Gasteiger charge is -2.54. The number of carbonyl (C=O) groups is 3. The van der Waals surface area contributed by atoms with Crippen molar-refractivity contribution in [1.82, 2.24) is 4.90 Å². The molecule has 0 spiro atoms. The third-order valence-electron chi connectivity index (χ3n) is 7.73. The number of benzene rings is 3. The van der Waals surface area contributed by atoms with Crippen molar-refractivity contribution in [1.29, 1.82) is 0 Å². The van der Waals surface area contributed by atoms with E-state index in [0.29, 0.717) is 27.9 Å². The number of amides is 3. The summed E-state index contributed by atoms with van der Waals surface area (Å²) in [7, 11) is 0. The smallest absolute Gasteiger partial charge is 0.269 e. The lowest BCUT2D eigenvalue weighted by Crippen LogP contribution is -2.57. The van der Waals surface area contributed by atoms with Gasteiger partial charge in [0.25, 0.3) is 5.69 Å². The minimum Gasteiger partial charge on any atom is -0.324 e. The summed E-state index contributed by atoms with van der Waals surface area (Å²) in [5, 5.41) is 13.5. The maximum absolute atomic E-state index is 13.9. The normalized spacial score (nSPS) is 27.8. The molecule has 1 saturated heterocycles. The Bertz CT molecular complexity index is 1400. The Balaban J connectivity index is 1.40. The predicted octanol–water partition coefficient (Wildman–Crippen LogP) is 4.52. The third-order valence-corrected chi connectivity index (χ3v) is 9.02. The lowest BCUT2D eigenvalue weighted by atomic mass is 9.54. The van der Waals surface area contributed by atoms with Crippen LogP contribution in [0.5, 0.6) is 0 Å². The van der Waals surface area contributed by atoms with Crippen LogP contribution in [0.1, 0.15) is 29.2 Å². The van der Waals surface area contributed by atoms with Crippen LogP contribution in [0.3, 0.4) is 0 Å². The summed E-state index contributed by atoms with van der Waals surface area (Å²) in [5.74, 6) is -3.75. The van der Waals surface area contributed by atoms with E-state index in [0.717, 1.165) is 4.90 Å². The van der Waals surface area contributed by atoms with E-state index in [1.54, 1.807) is 0 Å². The average molecular weight is 536 g/mol. The molecule has 186 valence electrons. The quantitative estimate of drug-likeness (QED) is 0.228. The fourth-order valence-corrected chi connectivity index (χ4v) is 7.20. The first kappa shape index (κ1) is 23.6. The van der Waals surface area contributed by atoms with Crippen molar-refractivity contribution >= 4 is 52.3 Å². The van der Waals surface area contributed by atoms with Crippen molar-refractivity contribution in [3.05, 3.63) is 105 Å². The van der Waals surface area contributed by atoms with Crippen molar-refractivity contribution in [3.63, 3.8) is 0 Å². The molecule has 0 unspecified atom stereocenters. The van der Waals surface area contributed by atoms with Gasteiger partial charge in [-0.05, 0) is 41.3 Å². The highest BCUT2D eigenvalue weighted by atomic mass is 35.5. The molecule has 10 heteroatoms. The van der Waals surface area contributed by atoms with E-state index in [1.807, 2.05) is 48.5 Å². The summed E-state index contributed by atoms with van der Waals surface area (Å²) in [5.41, 5.74) is 2.88.